The van der Waals surface area contributed by atoms with Crippen molar-refractivity contribution in [1.29, 1.82) is 0 Å². The van der Waals surface area contributed by atoms with Crippen molar-refractivity contribution in [1.82, 2.24) is 4.72 Å². The van der Waals surface area contributed by atoms with Gasteiger partial charge in [0.1, 0.15) is 0 Å². The zero-order valence-electron chi connectivity index (χ0n) is 12.1. The summed E-state index contributed by atoms with van der Waals surface area (Å²) < 4.78 is 28.0. The molecule has 0 aromatic heterocycles. The second-order valence-electron chi connectivity index (χ2n) is 5.61. The van der Waals surface area contributed by atoms with Gasteiger partial charge >= 0.3 is 0 Å². The summed E-state index contributed by atoms with van der Waals surface area (Å²) in [6, 6.07) is 19.7. The average Bonchev–Trinajstić information content (AvgIpc) is 2.84. The Morgan fingerprint density at radius 1 is 0.826 bits per heavy atom. The molecule has 5 heteroatoms. The van der Waals surface area contributed by atoms with Gasteiger partial charge in [0, 0.05) is 0 Å². The Morgan fingerprint density at radius 2 is 1.48 bits per heavy atom. The molecule has 3 nitrogen and oxygen atoms in total. The molecule has 1 N–H and O–H groups in total. The molecule has 1 aliphatic rings. The number of sulfonamides is 1. The Kier molecular flexibility index (Phi) is 3.41. The summed E-state index contributed by atoms with van der Waals surface area (Å²) in [5, 5.41) is 1.71. The third-order valence-corrected chi connectivity index (χ3v) is 6.17. The summed E-state index contributed by atoms with van der Waals surface area (Å²) in [6.45, 7) is 0. The number of hydrogen-bond acceptors (Lipinski definition) is 2. The largest absolute Gasteiger partial charge is 0.241 e. The highest BCUT2D eigenvalue weighted by Crippen LogP contribution is 2.47. The lowest BCUT2D eigenvalue weighted by Gasteiger charge is -2.18. The molecule has 0 spiro atoms. The summed E-state index contributed by atoms with van der Waals surface area (Å²) in [5.41, 5.74) is 1.90. The van der Waals surface area contributed by atoms with E-state index in [-0.39, 0.29) is 4.90 Å². The molecule has 116 valence electrons. The van der Waals surface area contributed by atoms with Crippen molar-refractivity contribution >= 4 is 32.4 Å². The van der Waals surface area contributed by atoms with Crippen molar-refractivity contribution in [3.05, 3.63) is 77.9 Å². The maximum Gasteiger partial charge on any atom is 0.241 e. The molecule has 0 amide bonds. The standard InChI is InChI=1S/C18H14ClNO2S/c19-17-14-10-4-6-12-7-5-11-15(16(12)14)18(17)20-23(21,22)13-8-2-1-3-9-13/h1-11,17-18,20H/t17-,18+/m1/s1. The van der Waals surface area contributed by atoms with Gasteiger partial charge < -0.3 is 0 Å². The minimum Gasteiger partial charge on any atom is -0.207 e. The molecule has 2 atom stereocenters. The Balaban J connectivity index is 1.79. The molecule has 0 aliphatic heterocycles. The zero-order valence-corrected chi connectivity index (χ0v) is 13.7. The van der Waals surface area contributed by atoms with Gasteiger partial charge in [0.25, 0.3) is 0 Å². The maximum atomic E-state index is 12.6. The SMILES string of the molecule is O=S(=O)(N[C@H]1c2cccc3cccc(c23)[C@H]1Cl)c1ccccc1. The molecule has 0 radical (unpaired) electrons. The lowest BCUT2D eigenvalue weighted by molar-refractivity contribution is 0.556. The highest BCUT2D eigenvalue weighted by molar-refractivity contribution is 7.89. The smallest absolute Gasteiger partial charge is 0.207 e. The van der Waals surface area contributed by atoms with Gasteiger partial charge in [-0.15, -0.1) is 11.6 Å². The summed E-state index contributed by atoms with van der Waals surface area (Å²) >= 11 is 6.58. The first-order chi connectivity index (χ1) is 11.1. The van der Waals surface area contributed by atoms with Gasteiger partial charge in [0.05, 0.1) is 16.3 Å². The normalized spacial score (nSPS) is 20.0. The van der Waals surface area contributed by atoms with E-state index in [0.29, 0.717) is 0 Å². The number of benzene rings is 3. The van der Waals surface area contributed by atoms with E-state index in [1.807, 2.05) is 36.4 Å². The lowest BCUT2D eigenvalue weighted by Crippen LogP contribution is -2.29. The van der Waals surface area contributed by atoms with Gasteiger partial charge in [-0.05, 0) is 34.0 Å². The van der Waals surface area contributed by atoms with Crippen LogP contribution in [0.5, 0.6) is 0 Å². The molecule has 4 rings (SSSR count). The van der Waals surface area contributed by atoms with Crippen LogP contribution >= 0.6 is 11.6 Å². The predicted molar refractivity (Wildman–Crippen MR) is 92.0 cm³/mol. The molecular weight excluding hydrogens is 330 g/mol. The second kappa shape index (κ2) is 5.34. The summed E-state index contributed by atoms with van der Waals surface area (Å²) in [7, 11) is -3.63. The van der Waals surface area contributed by atoms with Crippen molar-refractivity contribution in [2.45, 2.75) is 16.3 Å². The molecule has 0 fully saturated rings. The monoisotopic (exact) mass is 343 g/mol. The van der Waals surface area contributed by atoms with Crippen molar-refractivity contribution < 1.29 is 8.42 Å². The van der Waals surface area contributed by atoms with Crippen LogP contribution in [0.4, 0.5) is 0 Å². The third-order valence-electron chi connectivity index (χ3n) is 4.23. The van der Waals surface area contributed by atoms with Gasteiger partial charge in [0.15, 0.2) is 0 Å². The fourth-order valence-corrected chi connectivity index (χ4v) is 4.89. The number of alkyl halides is 1. The summed E-state index contributed by atoms with van der Waals surface area (Å²) in [6.07, 6.45) is 0. The molecule has 0 unspecified atom stereocenters. The van der Waals surface area contributed by atoms with Crippen molar-refractivity contribution in [3.8, 4) is 0 Å². The third kappa shape index (κ3) is 2.34. The Bertz CT molecular complexity index is 981. The van der Waals surface area contributed by atoms with Crippen LogP contribution in [0.15, 0.2) is 71.6 Å². The molecule has 0 heterocycles. The quantitative estimate of drug-likeness (QED) is 0.726. The van der Waals surface area contributed by atoms with Crippen LogP contribution in [0.1, 0.15) is 22.5 Å². The van der Waals surface area contributed by atoms with Gasteiger partial charge in [0.2, 0.25) is 10.0 Å². The average molecular weight is 344 g/mol. The molecule has 0 saturated heterocycles. The topological polar surface area (TPSA) is 46.2 Å². The van der Waals surface area contributed by atoms with E-state index in [9.17, 15) is 8.42 Å². The second-order valence-corrected chi connectivity index (χ2v) is 7.79. The van der Waals surface area contributed by atoms with Crippen molar-refractivity contribution in [2.24, 2.45) is 0 Å². The molecule has 3 aromatic rings. The first-order valence-corrected chi connectivity index (χ1v) is 9.23. The molecule has 0 saturated carbocycles. The van der Waals surface area contributed by atoms with E-state index in [1.165, 1.54) is 0 Å². The zero-order chi connectivity index (χ0) is 16.0. The molecule has 23 heavy (non-hydrogen) atoms. The molecular formula is C18H14ClNO2S. The highest BCUT2D eigenvalue weighted by atomic mass is 35.5. The predicted octanol–water partition coefficient (Wildman–Crippen LogP) is 4.15. The number of hydrogen-bond donors (Lipinski definition) is 1. The van der Waals surface area contributed by atoms with Crippen LogP contribution in [0, 0.1) is 0 Å². The molecule has 3 aromatic carbocycles. The summed E-state index contributed by atoms with van der Waals surface area (Å²) in [5.74, 6) is 0. The van der Waals surface area contributed by atoms with Gasteiger partial charge in [-0.3, -0.25) is 0 Å². The van der Waals surface area contributed by atoms with Crippen LogP contribution in [0.2, 0.25) is 0 Å². The van der Waals surface area contributed by atoms with Crippen LogP contribution in [-0.4, -0.2) is 8.42 Å². The van der Waals surface area contributed by atoms with E-state index in [4.69, 9.17) is 11.6 Å². The fraction of sp³-hybridized carbons (Fsp3) is 0.111. The van der Waals surface area contributed by atoms with Crippen molar-refractivity contribution in [3.63, 3.8) is 0 Å². The van der Waals surface area contributed by atoms with Crippen LogP contribution in [-0.2, 0) is 10.0 Å². The lowest BCUT2D eigenvalue weighted by atomic mass is 10.1. The first-order valence-electron chi connectivity index (χ1n) is 7.31. The van der Waals surface area contributed by atoms with Crippen LogP contribution in [0.3, 0.4) is 0 Å². The van der Waals surface area contributed by atoms with Gasteiger partial charge in [-0.1, -0.05) is 54.6 Å². The minimum absolute atomic E-state index is 0.243. The maximum absolute atomic E-state index is 12.6. The van der Waals surface area contributed by atoms with E-state index in [2.05, 4.69) is 4.72 Å². The van der Waals surface area contributed by atoms with Gasteiger partial charge in [-0.2, -0.15) is 0 Å². The minimum atomic E-state index is -3.63. The number of halogens is 1. The molecule has 0 bridgehead atoms. The first kappa shape index (κ1) is 14.7. The highest BCUT2D eigenvalue weighted by Gasteiger charge is 2.35. The Morgan fingerprint density at radius 3 is 2.17 bits per heavy atom. The Hall–Kier alpha value is -1.88. The number of nitrogens with one attached hydrogen (secondary N) is 1. The molecule has 1 aliphatic carbocycles. The van der Waals surface area contributed by atoms with E-state index in [1.54, 1.807) is 30.3 Å². The number of rotatable bonds is 3. The Labute approximate surface area is 140 Å². The van der Waals surface area contributed by atoms with Crippen LogP contribution < -0.4 is 4.72 Å². The van der Waals surface area contributed by atoms with Crippen LogP contribution in [0.25, 0.3) is 10.8 Å². The van der Waals surface area contributed by atoms with E-state index in [0.717, 1.165) is 21.9 Å². The van der Waals surface area contributed by atoms with Gasteiger partial charge in [-0.25, -0.2) is 13.1 Å². The van der Waals surface area contributed by atoms with E-state index < -0.39 is 21.4 Å². The summed E-state index contributed by atoms with van der Waals surface area (Å²) in [4.78, 5) is 0.243. The fourth-order valence-electron chi connectivity index (χ4n) is 3.18. The van der Waals surface area contributed by atoms with Crippen molar-refractivity contribution in [2.75, 3.05) is 0 Å². The van der Waals surface area contributed by atoms with E-state index >= 15 is 0 Å².